The molecule has 1 fully saturated rings. The summed E-state index contributed by atoms with van der Waals surface area (Å²) in [7, 11) is 1.79. The number of fused-ring (bicyclic) bond motifs is 4. The van der Waals surface area contributed by atoms with Crippen LogP contribution in [0.4, 0.5) is 0 Å². The van der Waals surface area contributed by atoms with Gasteiger partial charge in [-0.3, -0.25) is 4.79 Å². The summed E-state index contributed by atoms with van der Waals surface area (Å²) < 4.78 is 5.30. The van der Waals surface area contributed by atoms with Crippen LogP contribution in [0.1, 0.15) is 54.6 Å². The number of carbonyl (C=O) groups is 1. The molecule has 120 valence electrons. The van der Waals surface area contributed by atoms with E-state index in [-0.39, 0.29) is 11.3 Å². The Labute approximate surface area is 133 Å². The first-order valence-electron chi connectivity index (χ1n) is 8.39. The summed E-state index contributed by atoms with van der Waals surface area (Å²) in [5.41, 5.74) is 9.07. The maximum absolute atomic E-state index is 11.5. The molecule has 0 heterocycles. The zero-order valence-electron chi connectivity index (χ0n) is 13.9. The van der Waals surface area contributed by atoms with E-state index < -0.39 is 0 Å². The number of carbonyl (C=O) groups excluding carboxylic acids is 1. The van der Waals surface area contributed by atoms with E-state index >= 15 is 0 Å². The van der Waals surface area contributed by atoms with Crippen molar-refractivity contribution in [1.82, 2.24) is 0 Å². The summed E-state index contributed by atoms with van der Waals surface area (Å²) in [5.74, 6) is 1.79. The molecule has 0 aromatic heterocycles. The van der Waals surface area contributed by atoms with Crippen molar-refractivity contribution in [3.05, 3.63) is 34.9 Å². The van der Waals surface area contributed by atoms with Gasteiger partial charge in [0.25, 0.3) is 0 Å². The number of hydrogen-bond donors (Lipinski definition) is 1. The predicted octanol–water partition coefficient (Wildman–Crippen LogP) is 3.30. The Bertz CT molecular complexity index is 583. The number of hydrogen-bond acceptors (Lipinski definition) is 2. The molecule has 0 radical (unpaired) electrons. The average molecular weight is 301 g/mol. The van der Waals surface area contributed by atoms with Crippen LogP contribution in [0.3, 0.4) is 0 Å². The minimum absolute atomic E-state index is 0.174. The molecular weight excluding hydrogens is 274 g/mol. The summed E-state index contributed by atoms with van der Waals surface area (Å²) >= 11 is 0. The van der Waals surface area contributed by atoms with Crippen molar-refractivity contribution in [2.45, 2.75) is 44.9 Å². The molecule has 22 heavy (non-hydrogen) atoms. The molecule has 0 saturated heterocycles. The van der Waals surface area contributed by atoms with E-state index in [9.17, 15) is 4.79 Å². The highest BCUT2D eigenvalue weighted by Crippen LogP contribution is 2.54. The Kier molecular flexibility index (Phi) is 4.02. The summed E-state index contributed by atoms with van der Waals surface area (Å²) in [6.07, 6.45) is 4.74. The normalized spacial score (nSPS) is 33.3. The molecule has 2 bridgehead atoms. The summed E-state index contributed by atoms with van der Waals surface area (Å²) in [4.78, 5) is 11.5. The lowest BCUT2D eigenvalue weighted by Gasteiger charge is -2.53. The van der Waals surface area contributed by atoms with Crippen molar-refractivity contribution in [3.8, 4) is 0 Å². The Morgan fingerprint density at radius 1 is 1.45 bits per heavy atom. The Hall–Kier alpha value is -1.35. The Morgan fingerprint density at radius 2 is 2.23 bits per heavy atom. The fourth-order valence-electron chi connectivity index (χ4n) is 4.85. The lowest BCUT2D eigenvalue weighted by Crippen LogP contribution is -2.48. The molecular formula is C19H27NO2. The zero-order valence-corrected chi connectivity index (χ0v) is 13.9. The summed E-state index contributed by atoms with van der Waals surface area (Å²) in [6.45, 7) is 5.63. The first-order valence-corrected chi connectivity index (χ1v) is 8.39. The number of rotatable bonds is 4. The fraction of sp³-hybridized carbons (Fsp3) is 0.632. The summed E-state index contributed by atoms with van der Waals surface area (Å²) in [6, 6.07) is 6.07. The van der Waals surface area contributed by atoms with Crippen LogP contribution < -0.4 is 5.73 Å². The second-order valence-electron chi connectivity index (χ2n) is 7.39. The van der Waals surface area contributed by atoms with Crippen LogP contribution in [-0.4, -0.2) is 19.6 Å². The monoisotopic (exact) mass is 301 g/mol. The van der Waals surface area contributed by atoms with Gasteiger partial charge in [-0.1, -0.05) is 19.9 Å². The smallest absolute Gasteiger partial charge is 0.248 e. The van der Waals surface area contributed by atoms with E-state index in [0.29, 0.717) is 11.5 Å². The third-order valence-electron chi connectivity index (χ3n) is 6.45. The number of benzene rings is 1. The van der Waals surface area contributed by atoms with Crippen molar-refractivity contribution in [2.75, 3.05) is 13.7 Å². The number of primary amides is 1. The van der Waals surface area contributed by atoms with Crippen molar-refractivity contribution < 1.29 is 9.53 Å². The summed E-state index contributed by atoms with van der Waals surface area (Å²) in [5, 5.41) is 0. The SMILES string of the molecule is COCCC1CC[C@@]2(C)c3cc(C(N)=O)ccc3C[C@@H]1[C@@H]2C. The molecule has 3 nitrogen and oxygen atoms in total. The van der Waals surface area contributed by atoms with Gasteiger partial charge in [0.2, 0.25) is 5.91 Å². The van der Waals surface area contributed by atoms with Gasteiger partial charge < -0.3 is 10.5 Å². The quantitative estimate of drug-likeness (QED) is 0.927. The van der Waals surface area contributed by atoms with Crippen LogP contribution in [0.2, 0.25) is 0 Å². The van der Waals surface area contributed by atoms with Crippen molar-refractivity contribution in [3.63, 3.8) is 0 Å². The molecule has 1 unspecified atom stereocenters. The van der Waals surface area contributed by atoms with Crippen molar-refractivity contribution in [2.24, 2.45) is 23.5 Å². The molecule has 4 atom stereocenters. The largest absolute Gasteiger partial charge is 0.385 e. The van der Waals surface area contributed by atoms with Crippen molar-refractivity contribution >= 4 is 5.91 Å². The molecule has 2 N–H and O–H groups in total. The van der Waals surface area contributed by atoms with Crippen LogP contribution in [-0.2, 0) is 16.6 Å². The first kappa shape index (κ1) is 15.5. The van der Waals surface area contributed by atoms with Gasteiger partial charge in [-0.2, -0.15) is 0 Å². The second kappa shape index (κ2) is 5.69. The highest BCUT2D eigenvalue weighted by molar-refractivity contribution is 5.93. The molecule has 0 spiro atoms. The third kappa shape index (κ3) is 2.36. The average Bonchev–Trinajstić information content (AvgIpc) is 2.49. The van der Waals surface area contributed by atoms with Crippen LogP contribution in [0.15, 0.2) is 18.2 Å². The van der Waals surface area contributed by atoms with Gasteiger partial charge in [0, 0.05) is 19.3 Å². The molecule has 1 amide bonds. The lowest BCUT2D eigenvalue weighted by atomic mass is 9.51. The number of nitrogens with two attached hydrogens (primary N) is 1. The number of ether oxygens (including phenoxy) is 1. The van der Waals surface area contributed by atoms with E-state index in [1.807, 2.05) is 6.07 Å². The molecule has 1 aromatic rings. The topological polar surface area (TPSA) is 52.3 Å². The molecule has 1 saturated carbocycles. The lowest BCUT2D eigenvalue weighted by molar-refractivity contribution is 0.0466. The van der Waals surface area contributed by atoms with E-state index in [2.05, 4.69) is 26.0 Å². The van der Waals surface area contributed by atoms with Crippen LogP contribution in [0.25, 0.3) is 0 Å². The highest BCUT2D eigenvalue weighted by Gasteiger charge is 2.48. The maximum atomic E-state index is 11.5. The van der Waals surface area contributed by atoms with E-state index in [1.54, 1.807) is 7.11 Å². The van der Waals surface area contributed by atoms with Crippen LogP contribution in [0.5, 0.6) is 0 Å². The van der Waals surface area contributed by atoms with Gasteiger partial charge in [-0.25, -0.2) is 0 Å². The van der Waals surface area contributed by atoms with Gasteiger partial charge in [-0.05, 0) is 72.1 Å². The van der Waals surface area contributed by atoms with Gasteiger partial charge in [0.15, 0.2) is 0 Å². The fourth-order valence-corrected chi connectivity index (χ4v) is 4.85. The maximum Gasteiger partial charge on any atom is 0.248 e. The zero-order chi connectivity index (χ0) is 15.9. The molecule has 0 aliphatic heterocycles. The molecule has 3 rings (SSSR count). The van der Waals surface area contributed by atoms with E-state index in [4.69, 9.17) is 10.5 Å². The molecule has 2 aliphatic rings. The van der Waals surface area contributed by atoms with E-state index in [0.717, 1.165) is 31.3 Å². The minimum atomic E-state index is -0.324. The highest BCUT2D eigenvalue weighted by atomic mass is 16.5. The first-order chi connectivity index (χ1) is 10.5. The van der Waals surface area contributed by atoms with Gasteiger partial charge in [0.1, 0.15) is 0 Å². The van der Waals surface area contributed by atoms with Gasteiger partial charge in [-0.15, -0.1) is 0 Å². The number of methoxy groups -OCH3 is 1. The molecule has 3 heteroatoms. The van der Waals surface area contributed by atoms with Gasteiger partial charge >= 0.3 is 0 Å². The molecule has 1 aromatic carbocycles. The van der Waals surface area contributed by atoms with Gasteiger partial charge in [0.05, 0.1) is 0 Å². The van der Waals surface area contributed by atoms with Crippen LogP contribution >= 0.6 is 0 Å². The second-order valence-corrected chi connectivity index (χ2v) is 7.39. The number of amides is 1. The Balaban J connectivity index is 1.97. The van der Waals surface area contributed by atoms with E-state index in [1.165, 1.54) is 24.0 Å². The minimum Gasteiger partial charge on any atom is -0.385 e. The Morgan fingerprint density at radius 3 is 2.91 bits per heavy atom. The standard InChI is InChI=1S/C19H27NO2/c1-12-16-10-14-4-5-15(18(20)21)11-17(14)19(12,2)8-6-13(16)7-9-22-3/h4-5,11-13,16H,6-10H2,1-3H3,(H2,20,21)/t12-,13?,16+,19+/m0/s1. The van der Waals surface area contributed by atoms with Crippen molar-refractivity contribution in [1.29, 1.82) is 0 Å². The molecule has 2 aliphatic carbocycles. The predicted molar refractivity (Wildman–Crippen MR) is 87.9 cm³/mol. The third-order valence-corrected chi connectivity index (χ3v) is 6.45. The van der Waals surface area contributed by atoms with Crippen LogP contribution in [0, 0.1) is 17.8 Å².